The molecule has 0 bridgehead atoms. The van der Waals surface area contributed by atoms with Crippen LogP contribution in [0.3, 0.4) is 0 Å². The second-order valence-electron chi connectivity index (χ2n) is 7.08. The number of carbonyl (C=O) groups is 3. The second-order valence-corrected chi connectivity index (χ2v) is 7.49. The summed E-state index contributed by atoms with van der Waals surface area (Å²) in [6.07, 6.45) is 0. The van der Waals surface area contributed by atoms with Crippen LogP contribution in [-0.4, -0.2) is 31.0 Å². The van der Waals surface area contributed by atoms with Gasteiger partial charge in [-0.25, -0.2) is 4.79 Å². The lowest BCUT2D eigenvalue weighted by Crippen LogP contribution is -2.29. The van der Waals surface area contributed by atoms with Gasteiger partial charge < -0.3 is 20.1 Å². The molecule has 3 aromatic carbocycles. The minimum atomic E-state index is -0.729. The number of para-hydroxylation sites is 2. The molecular formula is C25H23ClN2O5. The van der Waals surface area contributed by atoms with Crippen LogP contribution in [0.5, 0.6) is 5.75 Å². The lowest BCUT2D eigenvalue weighted by atomic mass is 10.1. The SMILES string of the molecule is CC(NC(=O)c1ccccc1NC(=O)COC(=O)COc1ccccc1Cl)c1ccccc1. The molecule has 33 heavy (non-hydrogen) atoms. The van der Waals surface area contributed by atoms with Gasteiger partial charge in [0.15, 0.2) is 13.2 Å². The average Bonchev–Trinajstić information content (AvgIpc) is 2.83. The Morgan fingerprint density at radius 3 is 2.30 bits per heavy atom. The molecule has 0 heterocycles. The molecule has 0 spiro atoms. The first-order valence-electron chi connectivity index (χ1n) is 10.2. The van der Waals surface area contributed by atoms with E-state index in [4.69, 9.17) is 21.1 Å². The first kappa shape index (κ1) is 23.8. The van der Waals surface area contributed by atoms with Crippen LogP contribution in [0.25, 0.3) is 0 Å². The molecule has 0 aliphatic carbocycles. The molecule has 8 heteroatoms. The maximum Gasteiger partial charge on any atom is 0.344 e. The number of hydrogen-bond acceptors (Lipinski definition) is 5. The van der Waals surface area contributed by atoms with E-state index in [9.17, 15) is 14.4 Å². The number of anilines is 1. The quantitative estimate of drug-likeness (QED) is 0.456. The van der Waals surface area contributed by atoms with Crippen LogP contribution in [0.15, 0.2) is 78.9 Å². The minimum absolute atomic E-state index is 0.221. The zero-order valence-corrected chi connectivity index (χ0v) is 18.7. The molecule has 170 valence electrons. The first-order chi connectivity index (χ1) is 15.9. The number of ether oxygens (including phenoxy) is 2. The number of hydrogen-bond donors (Lipinski definition) is 2. The molecule has 0 aromatic heterocycles. The van der Waals surface area contributed by atoms with Gasteiger partial charge in [0.25, 0.3) is 11.8 Å². The lowest BCUT2D eigenvalue weighted by molar-refractivity contribution is -0.149. The van der Waals surface area contributed by atoms with Crippen molar-refractivity contribution in [3.8, 4) is 5.75 Å². The van der Waals surface area contributed by atoms with Crippen molar-refractivity contribution in [1.82, 2.24) is 5.32 Å². The van der Waals surface area contributed by atoms with Crippen molar-refractivity contribution in [1.29, 1.82) is 0 Å². The Bertz CT molecular complexity index is 1120. The van der Waals surface area contributed by atoms with Gasteiger partial charge in [0.05, 0.1) is 22.3 Å². The molecule has 0 aliphatic heterocycles. The molecule has 1 atom stereocenters. The first-order valence-corrected chi connectivity index (χ1v) is 10.6. The Hall–Kier alpha value is -3.84. The number of rotatable bonds is 9. The van der Waals surface area contributed by atoms with Crippen molar-refractivity contribution in [2.24, 2.45) is 0 Å². The molecule has 3 aromatic rings. The van der Waals surface area contributed by atoms with Gasteiger partial charge in [-0.2, -0.15) is 0 Å². The molecule has 2 N–H and O–H groups in total. The van der Waals surface area contributed by atoms with Crippen LogP contribution in [0.2, 0.25) is 5.02 Å². The fourth-order valence-electron chi connectivity index (χ4n) is 2.96. The molecule has 1 unspecified atom stereocenters. The molecule has 0 fully saturated rings. The molecule has 0 aliphatic rings. The van der Waals surface area contributed by atoms with E-state index >= 15 is 0 Å². The highest BCUT2D eigenvalue weighted by atomic mass is 35.5. The van der Waals surface area contributed by atoms with Crippen molar-refractivity contribution in [2.75, 3.05) is 18.5 Å². The van der Waals surface area contributed by atoms with E-state index < -0.39 is 25.1 Å². The number of esters is 1. The summed E-state index contributed by atoms with van der Waals surface area (Å²) in [6, 6.07) is 22.6. The van der Waals surface area contributed by atoms with Crippen LogP contribution in [0.4, 0.5) is 5.69 Å². The van der Waals surface area contributed by atoms with Gasteiger partial charge in [-0.3, -0.25) is 9.59 Å². The Kier molecular flexibility index (Phi) is 8.43. The lowest BCUT2D eigenvalue weighted by Gasteiger charge is -2.16. The van der Waals surface area contributed by atoms with Crippen LogP contribution >= 0.6 is 11.6 Å². The van der Waals surface area contributed by atoms with E-state index in [-0.39, 0.29) is 11.9 Å². The van der Waals surface area contributed by atoms with Crippen LogP contribution in [0, 0.1) is 0 Å². The van der Waals surface area contributed by atoms with Crippen molar-refractivity contribution in [3.63, 3.8) is 0 Å². The normalized spacial score (nSPS) is 11.2. The Labute approximate surface area is 196 Å². The number of benzene rings is 3. The third-order valence-corrected chi connectivity index (χ3v) is 4.95. The number of halogens is 1. The Morgan fingerprint density at radius 2 is 1.55 bits per heavy atom. The smallest absolute Gasteiger partial charge is 0.344 e. The molecule has 2 amide bonds. The third-order valence-electron chi connectivity index (χ3n) is 4.64. The molecular weight excluding hydrogens is 444 g/mol. The summed E-state index contributed by atoms with van der Waals surface area (Å²) in [5.41, 5.74) is 1.56. The van der Waals surface area contributed by atoms with Gasteiger partial charge in [0, 0.05) is 0 Å². The second kappa shape index (κ2) is 11.7. The van der Waals surface area contributed by atoms with Crippen molar-refractivity contribution < 1.29 is 23.9 Å². The highest BCUT2D eigenvalue weighted by Crippen LogP contribution is 2.23. The predicted octanol–water partition coefficient (Wildman–Crippen LogP) is 4.39. The summed E-state index contributed by atoms with van der Waals surface area (Å²) < 4.78 is 10.2. The third kappa shape index (κ3) is 7.08. The summed E-state index contributed by atoms with van der Waals surface area (Å²) in [4.78, 5) is 36.9. The maximum atomic E-state index is 12.8. The van der Waals surface area contributed by atoms with Gasteiger partial charge in [-0.05, 0) is 36.8 Å². The van der Waals surface area contributed by atoms with Gasteiger partial charge >= 0.3 is 5.97 Å². The monoisotopic (exact) mass is 466 g/mol. The standard InChI is InChI=1S/C25H23ClN2O5/c1-17(18-9-3-2-4-10-18)27-25(31)19-11-5-7-13-21(19)28-23(29)15-33-24(30)16-32-22-14-8-6-12-20(22)26/h2-14,17H,15-16H2,1H3,(H,27,31)(H,28,29). The molecule has 3 rings (SSSR count). The van der Waals surface area contributed by atoms with Gasteiger partial charge in [-0.1, -0.05) is 66.2 Å². The van der Waals surface area contributed by atoms with Crippen molar-refractivity contribution in [2.45, 2.75) is 13.0 Å². The fraction of sp³-hybridized carbons (Fsp3) is 0.160. The van der Waals surface area contributed by atoms with Gasteiger partial charge in [-0.15, -0.1) is 0 Å². The number of amides is 2. The predicted molar refractivity (Wildman–Crippen MR) is 125 cm³/mol. The largest absolute Gasteiger partial charge is 0.480 e. The zero-order valence-electron chi connectivity index (χ0n) is 17.9. The van der Waals surface area contributed by atoms with E-state index in [2.05, 4.69) is 10.6 Å². The van der Waals surface area contributed by atoms with Gasteiger partial charge in [0.2, 0.25) is 0 Å². The van der Waals surface area contributed by atoms with E-state index in [1.54, 1.807) is 48.5 Å². The maximum absolute atomic E-state index is 12.8. The summed E-state index contributed by atoms with van der Waals surface area (Å²) in [7, 11) is 0. The topological polar surface area (TPSA) is 93.7 Å². The summed E-state index contributed by atoms with van der Waals surface area (Å²) in [6.45, 7) is 0.951. The van der Waals surface area contributed by atoms with E-state index in [0.717, 1.165) is 5.56 Å². The molecule has 0 saturated carbocycles. The van der Waals surface area contributed by atoms with Gasteiger partial charge in [0.1, 0.15) is 5.75 Å². The highest BCUT2D eigenvalue weighted by Gasteiger charge is 2.17. The van der Waals surface area contributed by atoms with Crippen molar-refractivity contribution >= 4 is 35.1 Å². The zero-order chi connectivity index (χ0) is 23.6. The number of carbonyl (C=O) groups excluding carboxylic acids is 3. The summed E-state index contributed by atoms with van der Waals surface area (Å²) in [5, 5.41) is 5.87. The van der Waals surface area contributed by atoms with Crippen LogP contribution in [0.1, 0.15) is 28.9 Å². The van der Waals surface area contributed by atoms with Crippen molar-refractivity contribution in [3.05, 3.63) is 95.0 Å². The Balaban J connectivity index is 1.52. The minimum Gasteiger partial charge on any atom is -0.480 e. The van der Waals surface area contributed by atoms with E-state index in [1.165, 1.54) is 0 Å². The van der Waals surface area contributed by atoms with Crippen LogP contribution in [-0.2, 0) is 14.3 Å². The molecule has 0 radical (unpaired) electrons. The molecule has 0 saturated heterocycles. The van der Waals surface area contributed by atoms with E-state index in [1.807, 2.05) is 37.3 Å². The summed E-state index contributed by atoms with van der Waals surface area (Å²) in [5.74, 6) is -1.32. The van der Waals surface area contributed by atoms with Crippen LogP contribution < -0.4 is 15.4 Å². The highest BCUT2D eigenvalue weighted by molar-refractivity contribution is 6.32. The van der Waals surface area contributed by atoms with E-state index in [0.29, 0.717) is 22.0 Å². The fourth-order valence-corrected chi connectivity index (χ4v) is 3.15. The number of nitrogens with one attached hydrogen (secondary N) is 2. The summed E-state index contributed by atoms with van der Waals surface area (Å²) >= 11 is 5.96. The average molecular weight is 467 g/mol. The molecule has 7 nitrogen and oxygen atoms in total. The Morgan fingerprint density at radius 1 is 0.879 bits per heavy atom.